The summed E-state index contributed by atoms with van der Waals surface area (Å²) >= 11 is 5.85. The summed E-state index contributed by atoms with van der Waals surface area (Å²) in [4.78, 5) is 29.5. The number of rotatable bonds is 0. The van der Waals surface area contributed by atoms with Crippen LogP contribution in [-0.2, 0) is 11.3 Å². The van der Waals surface area contributed by atoms with E-state index in [1.54, 1.807) is 15.5 Å². The molecule has 1 N–H and O–H groups in total. The van der Waals surface area contributed by atoms with Crippen LogP contribution in [0, 0.1) is 0 Å². The fraction of sp³-hybridized carbons (Fsp3) is 0.667. The first-order valence-electron chi connectivity index (χ1n) is 7.71. The highest BCUT2D eigenvalue weighted by Crippen LogP contribution is 2.34. The number of carbonyl (C=O) groups is 1. The Hall–Kier alpha value is -1.76. The predicted octanol–water partition coefficient (Wildman–Crippen LogP) is 2.09. The van der Waals surface area contributed by atoms with Gasteiger partial charge < -0.3 is 15.0 Å². The molecular formula is C15H21ClN4O3. The molecule has 23 heavy (non-hydrogen) atoms. The number of fused-ring (bicyclic) bond motifs is 1. The van der Waals surface area contributed by atoms with Gasteiger partial charge in [0.15, 0.2) is 0 Å². The van der Waals surface area contributed by atoms with Crippen LogP contribution < -0.4 is 11.0 Å². The summed E-state index contributed by atoms with van der Waals surface area (Å²) in [5.74, 6) is 0.695. The van der Waals surface area contributed by atoms with Crippen LogP contribution in [0.1, 0.15) is 33.6 Å². The van der Waals surface area contributed by atoms with Crippen molar-refractivity contribution in [2.24, 2.45) is 0 Å². The van der Waals surface area contributed by atoms with Gasteiger partial charge >= 0.3 is 11.8 Å². The Labute approximate surface area is 139 Å². The average molecular weight is 341 g/mol. The zero-order valence-corrected chi connectivity index (χ0v) is 14.3. The molecule has 3 rings (SSSR count). The Bertz CT molecular complexity index is 687. The van der Waals surface area contributed by atoms with Crippen molar-refractivity contribution in [2.75, 3.05) is 18.4 Å². The fourth-order valence-corrected chi connectivity index (χ4v) is 3.25. The molecule has 1 amide bonds. The Balaban J connectivity index is 1.67. The van der Waals surface area contributed by atoms with Gasteiger partial charge in [-0.05, 0) is 33.6 Å². The third-order valence-corrected chi connectivity index (χ3v) is 4.40. The zero-order chi connectivity index (χ0) is 16.8. The molecule has 1 aromatic rings. The third kappa shape index (κ3) is 3.29. The molecule has 2 aliphatic rings. The van der Waals surface area contributed by atoms with Crippen LogP contribution in [-0.4, -0.2) is 44.8 Å². The largest absolute Gasteiger partial charge is 0.444 e. The molecule has 0 unspecified atom stereocenters. The first kappa shape index (κ1) is 16.1. The number of aromatic nitrogens is 2. The Morgan fingerprint density at radius 3 is 2.65 bits per heavy atom. The molecule has 7 nitrogen and oxygen atoms in total. The minimum Gasteiger partial charge on any atom is -0.444 e. The summed E-state index contributed by atoms with van der Waals surface area (Å²) in [6.45, 7) is 7.29. The van der Waals surface area contributed by atoms with E-state index in [-0.39, 0.29) is 22.5 Å². The molecule has 1 saturated heterocycles. The molecule has 0 atom stereocenters. The molecule has 1 aromatic heterocycles. The highest BCUT2D eigenvalue weighted by atomic mass is 35.5. The number of halogens is 1. The van der Waals surface area contributed by atoms with E-state index in [1.807, 2.05) is 20.8 Å². The minimum absolute atomic E-state index is 0.192. The summed E-state index contributed by atoms with van der Waals surface area (Å²) in [6.07, 6.45) is 1.19. The van der Waals surface area contributed by atoms with Crippen LogP contribution in [0.3, 0.4) is 0 Å². The van der Waals surface area contributed by atoms with Crippen molar-refractivity contribution in [2.45, 2.75) is 51.3 Å². The van der Waals surface area contributed by atoms with Crippen LogP contribution >= 0.6 is 11.6 Å². The molecule has 0 aliphatic carbocycles. The Morgan fingerprint density at radius 2 is 2.04 bits per heavy atom. The molecule has 2 aliphatic heterocycles. The van der Waals surface area contributed by atoms with Crippen molar-refractivity contribution in [3.05, 3.63) is 21.7 Å². The van der Waals surface area contributed by atoms with Gasteiger partial charge in [-0.3, -0.25) is 4.57 Å². The first-order valence-corrected chi connectivity index (χ1v) is 8.09. The van der Waals surface area contributed by atoms with Gasteiger partial charge in [-0.25, -0.2) is 9.59 Å². The molecule has 0 radical (unpaired) electrons. The highest BCUT2D eigenvalue weighted by molar-refractivity contribution is 6.29. The van der Waals surface area contributed by atoms with Crippen molar-refractivity contribution in [1.29, 1.82) is 0 Å². The number of nitrogens with one attached hydrogen (secondary N) is 1. The second-order valence-corrected chi connectivity index (χ2v) is 7.59. The number of hydrogen-bond donors (Lipinski definition) is 1. The second-order valence-electron chi connectivity index (χ2n) is 7.21. The fourth-order valence-electron chi connectivity index (χ4n) is 3.07. The lowest BCUT2D eigenvalue weighted by Crippen LogP contribution is -2.51. The first-order chi connectivity index (χ1) is 10.7. The molecule has 0 aromatic carbocycles. The van der Waals surface area contributed by atoms with Crippen LogP contribution in [0.2, 0.25) is 5.15 Å². The highest BCUT2D eigenvalue weighted by Gasteiger charge is 2.42. The van der Waals surface area contributed by atoms with Crippen molar-refractivity contribution < 1.29 is 9.53 Å². The Morgan fingerprint density at radius 1 is 1.39 bits per heavy atom. The number of ether oxygens (including phenoxy) is 1. The van der Waals surface area contributed by atoms with E-state index in [4.69, 9.17) is 16.3 Å². The minimum atomic E-state index is -0.496. The van der Waals surface area contributed by atoms with E-state index in [2.05, 4.69) is 10.3 Å². The number of nitrogens with zero attached hydrogens (tertiary/aromatic N) is 3. The molecular weight excluding hydrogens is 320 g/mol. The zero-order valence-electron chi connectivity index (χ0n) is 13.6. The van der Waals surface area contributed by atoms with Crippen molar-refractivity contribution in [1.82, 2.24) is 14.5 Å². The van der Waals surface area contributed by atoms with Gasteiger partial charge in [0, 0.05) is 19.2 Å². The van der Waals surface area contributed by atoms with Crippen molar-refractivity contribution >= 4 is 23.5 Å². The molecule has 0 saturated carbocycles. The van der Waals surface area contributed by atoms with E-state index in [9.17, 15) is 9.59 Å². The number of likely N-dealkylation sites (tertiary alicyclic amines) is 1. The topological polar surface area (TPSA) is 76.5 Å². The lowest BCUT2D eigenvalue weighted by atomic mass is 9.88. The maximum atomic E-state index is 12.1. The van der Waals surface area contributed by atoms with Crippen LogP contribution in [0.5, 0.6) is 0 Å². The summed E-state index contributed by atoms with van der Waals surface area (Å²) in [6, 6.07) is 1.66. The summed E-state index contributed by atoms with van der Waals surface area (Å²) < 4.78 is 7.02. The molecule has 8 heteroatoms. The van der Waals surface area contributed by atoms with Gasteiger partial charge in [0.1, 0.15) is 16.6 Å². The van der Waals surface area contributed by atoms with Gasteiger partial charge in [-0.2, -0.15) is 4.98 Å². The van der Waals surface area contributed by atoms with Gasteiger partial charge in [-0.15, -0.1) is 0 Å². The SMILES string of the molecule is CC(C)(C)OC(=O)N1CCC2(CC1)Cn1c(cc(Cl)nc1=O)N2. The average Bonchev–Trinajstić information content (AvgIpc) is 2.76. The van der Waals surface area contributed by atoms with Gasteiger partial charge in [0.2, 0.25) is 0 Å². The summed E-state index contributed by atoms with van der Waals surface area (Å²) in [5, 5.41) is 3.59. The lowest BCUT2D eigenvalue weighted by Gasteiger charge is -2.39. The molecule has 1 fully saturated rings. The molecule has 126 valence electrons. The predicted molar refractivity (Wildman–Crippen MR) is 86.9 cm³/mol. The number of anilines is 1. The smallest absolute Gasteiger partial charge is 0.410 e. The quantitative estimate of drug-likeness (QED) is 0.732. The lowest BCUT2D eigenvalue weighted by molar-refractivity contribution is 0.0176. The number of carbonyl (C=O) groups excluding carboxylic acids is 1. The third-order valence-electron chi connectivity index (χ3n) is 4.21. The summed E-state index contributed by atoms with van der Waals surface area (Å²) in [7, 11) is 0. The van der Waals surface area contributed by atoms with Crippen molar-refractivity contribution in [3.8, 4) is 0 Å². The number of piperidine rings is 1. The van der Waals surface area contributed by atoms with Crippen molar-refractivity contribution in [3.63, 3.8) is 0 Å². The number of hydrogen-bond acceptors (Lipinski definition) is 5. The summed E-state index contributed by atoms with van der Waals surface area (Å²) in [5.41, 5.74) is -1.06. The van der Waals surface area contributed by atoms with E-state index < -0.39 is 5.60 Å². The maximum Gasteiger partial charge on any atom is 0.410 e. The maximum absolute atomic E-state index is 12.1. The van der Waals surface area contributed by atoms with E-state index in [0.717, 1.165) is 12.8 Å². The van der Waals surface area contributed by atoms with E-state index in [0.29, 0.717) is 25.5 Å². The second kappa shape index (κ2) is 5.40. The van der Waals surface area contributed by atoms with E-state index in [1.165, 1.54) is 0 Å². The van der Waals surface area contributed by atoms with Gasteiger partial charge in [0.25, 0.3) is 0 Å². The van der Waals surface area contributed by atoms with Crippen LogP contribution in [0.4, 0.5) is 10.6 Å². The normalized spacial score (nSPS) is 19.4. The standard InChI is InChI=1S/C15H21ClN4O3/c1-14(2,3)23-13(22)19-6-4-15(5-7-19)9-20-11(18-15)8-10(16)17-12(20)21/h8,18H,4-7,9H2,1-3H3. The van der Waals surface area contributed by atoms with Crippen LogP contribution in [0.15, 0.2) is 10.9 Å². The molecule has 1 spiro atoms. The van der Waals surface area contributed by atoms with Gasteiger partial charge in [-0.1, -0.05) is 11.6 Å². The Kier molecular flexibility index (Phi) is 3.78. The van der Waals surface area contributed by atoms with Crippen LogP contribution in [0.25, 0.3) is 0 Å². The number of amides is 1. The van der Waals surface area contributed by atoms with E-state index >= 15 is 0 Å². The molecule has 3 heterocycles. The van der Waals surface area contributed by atoms with Gasteiger partial charge in [0.05, 0.1) is 12.1 Å². The molecule has 0 bridgehead atoms. The monoisotopic (exact) mass is 340 g/mol.